The first-order valence-electron chi connectivity index (χ1n) is 9.18. The highest BCUT2D eigenvalue weighted by molar-refractivity contribution is 6.08. The molecule has 0 saturated carbocycles. The highest BCUT2D eigenvalue weighted by Gasteiger charge is 2.11. The summed E-state index contributed by atoms with van der Waals surface area (Å²) in [6, 6.07) is 7.82. The predicted molar refractivity (Wildman–Crippen MR) is 115 cm³/mol. The van der Waals surface area contributed by atoms with Crippen LogP contribution < -0.4 is 9.47 Å². The van der Waals surface area contributed by atoms with E-state index >= 15 is 0 Å². The Bertz CT molecular complexity index is 950. The summed E-state index contributed by atoms with van der Waals surface area (Å²) in [4.78, 5) is 12.5. The molecule has 2 N–H and O–H groups in total. The van der Waals surface area contributed by atoms with E-state index in [4.69, 9.17) is 9.47 Å². The van der Waals surface area contributed by atoms with Gasteiger partial charge in [0.1, 0.15) is 29.6 Å². The average molecular weight is 394 g/mol. The summed E-state index contributed by atoms with van der Waals surface area (Å²) in [5.41, 5.74) is 2.61. The molecule has 5 heteroatoms. The Morgan fingerprint density at radius 1 is 1.14 bits per heavy atom. The van der Waals surface area contributed by atoms with E-state index in [2.05, 4.69) is 6.58 Å². The van der Waals surface area contributed by atoms with Crippen molar-refractivity contribution >= 4 is 11.9 Å². The monoisotopic (exact) mass is 394 g/mol. The van der Waals surface area contributed by atoms with Crippen molar-refractivity contribution in [2.24, 2.45) is 0 Å². The standard InChI is InChI=1S/C24H26O5/c1-5-6-17-13-18(24(28-4)15-22(17)26)7-10-21(25)20-9-8-19(14-23(20)27)29-12-11-16(2)3/h5,7-11,13-15,26-27H,1,6,12H2,2-4H3/b10-7+. The number of carbonyl (C=O) groups excluding carboxylic acids is 1. The first kappa shape index (κ1) is 21.8. The van der Waals surface area contributed by atoms with Gasteiger partial charge in [0.2, 0.25) is 0 Å². The average Bonchev–Trinajstić information content (AvgIpc) is 2.67. The maximum Gasteiger partial charge on any atom is 0.189 e. The van der Waals surface area contributed by atoms with Gasteiger partial charge in [0.15, 0.2) is 5.78 Å². The van der Waals surface area contributed by atoms with Gasteiger partial charge in [-0.05, 0) is 62.3 Å². The zero-order valence-electron chi connectivity index (χ0n) is 16.9. The number of phenolic OH excluding ortho intramolecular Hbond substituents is 2. The van der Waals surface area contributed by atoms with E-state index < -0.39 is 0 Å². The molecular formula is C24H26O5. The van der Waals surface area contributed by atoms with Crippen LogP contribution in [0.25, 0.3) is 6.08 Å². The van der Waals surface area contributed by atoms with Crippen LogP contribution in [0.15, 0.2) is 60.7 Å². The lowest BCUT2D eigenvalue weighted by atomic mass is 10.0. The molecule has 29 heavy (non-hydrogen) atoms. The summed E-state index contributed by atoms with van der Waals surface area (Å²) >= 11 is 0. The molecule has 0 aliphatic rings. The highest BCUT2D eigenvalue weighted by atomic mass is 16.5. The third-order valence-corrected chi connectivity index (χ3v) is 4.19. The summed E-state index contributed by atoms with van der Waals surface area (Å²) in [6.07, 6.45) is 7.03. The summed E-state index contributed by atoms with van der Waals surface area (Å²) < 4.78 is 10.8. The number of carbonyl (C=O) groups is 1. The van der Waals surface area contributed by atoms with Crippen LogP contribution in [0.3, 0.4) is 0 Å². The van der Waals surface area contributed by atoms with Gasteiger partial charge in [-0.1, -0.05) is 11.6 Å². The lowest BCUT2D eigenvalue weighted by Crippen LogP contribution is -1.98. The van der Waals surface area contributed by atoms with Gasteiger partial charge in [-0.15, -0.1) is 6.58 Å². The second-order valence-electron chi connectivity index (χ2n) is 6.68. The van der Waals surface area contributed by atoms with Gasteiger partial charge < -0.3 is 19.7 Å². The number of phenols is 2. The summed E-state index contributed by atoms with van der Waals surface area (Å²) in [7, 11) is 1.49. The molecule has 0 heterocycles. The second-order valence-corrected chi connectivity index (χ2v) is 6.68. The van der Waals surface area contributed by atoms with E-state index in [-0.39, 0.29) is 22.8 Å². The molecule has 2 aromatic carbocycles. The number of ether oxygens (including phenoxy) is 2. The molecule has 152 valence electrons. The van der Waals surface area contributed by atoms with E-state index in [1.54, 1.807) is 24.3 Å². The first-order valence-corrected chi connectivity index (χ1v) is 9.18. The molecular weight excluding hydrogens is 368 g/mol. The van der Waals surface area contributed by atoms with Crippen LogP contribution in [0.1, 0.15) is 35.3 Å². The van der Waals surface area contributed by atoms with Gasteiger partial charge in [-0.2, -0.15) is 0 Å². The predicted octanol–water partition coefficient (Wildman–Crippen LogP) is 5.08. The third kappa shape index (κ3) is 6.01. The number of methoxy groups -OCH3 is 1. The lowest BCUT2D eigenvalue weighted by Gasteiger charge is -2.09. The van der Waals surface area contributed by atoms with Gasteiger partial charge in [-0.25, -0.2) is 0 Å². The van der Waals surface area contributed by atoms with Crippen molar-refractivity contribution in [2.45, 2.75) is 20.3 Å². The topological polar surface area (TPSA) is 76.0 Å². The normalized spacial score (nSPS) is 10.6. The molecule has 0 aliphatic carbocycles. The van der Waals surface area contributed by atoms with Crippen LogP contribution in [0.4, 0.5) is 0 Å². The van der Waals surface area contributed by atoms with Crippen molar-refractivity contribution in [1.82, 2.24) is 0 Å². The molecule has 0 saturated heterocycles. The molecule has 0 aliphatic heterocycles. The number of rotatable bonds is 9. The molecule has 0 fully saturated rings. The van der Waals surface area contributed by atoms with Crippen molar-refractivity contribution in [3.05, 3.63) is 77.4 Å². The largest absolute Gasteiger partial charge is 0.508 e. The molecule has 0 bridgehead atoms. The first-order chi connectivity index (χ1) is 13.8. The Labute approximate surface area is 171 Å². The summed E-state index contributed by atoms with van der Waals surface area (Å²) in [5, 5.41) is 20.2. The summed E-state index contributed by atoms with van der Waals surface area (Å²) in [6.45, 7) is 8.00. The Kier molecular flexibility index (Phi) is 7.66. The fourth-order valence-electron chi connectivity index (χ4n) is 2.63. The number of aromatic hydroxyl groups is 2. The minimum Gasteiger partial charge on any atom is -0.508 e. The Morgan fingerprint density at radius 3 is 2.52 bits per heavy atom. The Balaban J connectivity index is 2.21. The van der Waals surface area contributed by atoms with E-state index in [1.165, 1.54) is 31.4 Å². The van der Waals surface area contributed by atoms with E-state index in [0.717, 1.165) is 5.57 Å². The van der Waals surface area contributed by atoms with Crippen molar-refractivity contribution in [2.75, 3.05) is 13.7 Å². The van der Waals surface area contributed by atoms with Gasteiger partial charge in [-0.3, -0.25) is 4.79 Å². The van der Waals surface area contributed by atoms with Crippen LogP contribution in [-0.4, -0.2) is 29.7 Å². The maximum atomic E-state index is 12.5. The number of allylic oxidation sites excluding steroid dienone is 3. The molecule has 0 atom stereocenters. The van der Waals surface area contributed by atoms with Gasteiger partial charge in [0.05, 0.1) is 12.7 Å². The SMILES string of the molecule is C=CCc1cc(/C=C/C(=O)c2ccc(OCC=C(C)C)cc2O)c(OC)cc1O. The van der Waals surface area contributed by atoms with Crippen molar-refractivity contribution in [3.8, 4) is 23.0 Å². The molecule has 2 aromatic rings. The van der Waals surface area contributed by atoms with Crippen LogP contribution in [0.5, 0.6) is 23.0 Å². The highest BCUT2D eigenvalue weighted by Crippen LogP contribution is 2.30. The van der Waals surface area contributed by atoms with Crippen LogP contribution in [-0.2, 0) is 6.42 Å². The third-order valence-electron chi connectivity index (χ3n) is 4.19. The van der Waals surface area contributed by atoms with Gasteiger partial charge >= 0.3 is 0 Å². The number of ketones is 1. The Morgan fingerprint density at radius 2 is 1.90 bits per heavy atom. The Hall–Kier alpha value is -3.47. The van der Waals surface area contributed by atoms with Crippen LogP contribution >= 0.6 is 0 Å². The van der Waals surface area contributed by atoms with Crippen molar-refractivity contribution in [3.63, 3.8) is 0 Å². The van der Waals surface area contributed by atoms with E-state index in [1.807, 2.05) is 19.9 Å². The van der Waals surface area contributed by atoms with Crippen molar-refractivity contribution in [1.29, 1.82) is 0 Å². The zero-order valence-corrected chi connectivity index (χ0v) is 16.9. The minimum absolute atomic E-state index is 0.103. The summed E-state index contributed by atoms with van der Waals surface area (Å²) in [5.74, 6) is 0.506. The van der Waals surface area contributed by atoms with Gasteiger partial charge in [0, 0.05) is 17.7 Å². The lowest BCUT2D eigenvalue weighted by molar-refractivity contribution is 0.104. The van der Waals surface area contributed by atoms with E-state index in [0.29, 0.717) is 35.7 Å². The van der Waals surface area contributed by atoms with E-state index in [9.17, 15) is 15.0 Å². The zero-order chi connectivity index (χ0) is 21.4. The smallest absolute Gasteiger partial charge is 0.189 e. The van der Waals surface area contributed by atoms with Gasteiger partial charge in [0.25, 0.3) is 0 Å². The number of hydrogen-bond donors (Lipinski definition) is 2. The molecule has 0 spiro atoms. The molecule has 0 unspecified atom stereocenters. The minimum atomic E-state index is -0.362. The number of benzene rings is 2. The molecule has 0 radical (unpaired) electrons. The second kappa shape index (κ2) is 10.2. The fourth-order valence-corrected chi connectivity index (χ4v) is 2.63. The quantitative estimate of drug-likeness (QED) is 0.353. The number of hydrogen-bond acceptors (Lipinski definition) is 5. The fraction of sp³-hybridized carbons (Fsp3) is 0.208. The van der Waals surface area contributed by atoms with Crippen LogP contribution in [0.2, 0.25) is 0 Å². The van der Waals surface area contributed by atoms with Crippen molar-refractivity contribution < 1.29 is 24.5 Å². The molecule has 2 rings (SSSR count). The molecule has 5 nitrogen and oxygen atoms in total. The molecule has 0 aromatic heterocycles. The maximum absolute atomic E-state index is 12.5. The molecule has 0 amide bonds. The van der Waals surface area contributed by atoms with Crippen LogP contribution in [0, 0.1) is 0 Å².